The van der Waals surface area contributed by atoms with Crippen LogP contribution in [0.2, 0.25) is 5.02 Å². The fraction of sp³-hybridized carbons (Fsp3) is 0.133. The van der Waals surface area contributed by atoms with E-state index in [0.29, 0.717) is 15.2 Å². The molecule has 0 radical (unpaired) electrons. The third kappa shape index (κ3) is 2.63. The second-order valence-electron chi connectivity index (χ2n) is 4.90. The molecule has 0 saturated carbocycles. The molecule has 0 N–H and O–H groups in total. The smallest absolute Gasteiger partial charge is 0.283 e. The minimum absolute atomic E-state index is 0.209. The van der Waals surface area contributed by atoms with Crippen molar-refractivity contribution in [2.75, 3.05) is 14.1 Å². The summed E-state index contributed by atoms with van der Waals surface area (Å²) in [6.45, 7) is 0. The fourth-order valence-corrected chi connectivity index (χ4v) is 3.18. The number of nitrogens with zero attached hydrogens (tertiary/aromatic N) is 4. The molecule has 3 aromatic rings. The molecule has 0 atom stereocenters. The van der Waals surface area contributed by atoms with Gasteiger partial charge in [-0.25, -0.2) is 4.98 Å². The van der Waals surface area contributed by atoms with Crippen molar-refractivity contribution in [1.29, 1.82) is 0 Å². The van der Waals surface area contributed by atoms with Crippen LogP contribution in [0, 0.1) is 0 Å². The van der Waals surface area contributed by atoms with Crippen LogP contribution in [0.4, 0.5) is 0 Å². The van der Waals surface area contributed by atoms with Gasteiger partial charge in [0.1, 0.15) is 17.5 Å². The maximum atomic E-state index is 12.7. The first-order valence-electron chi connectivity index (χ1n) is 6.52. The Labute approximate surface area is 136 Å². The van der Waals surface area contributed by atoms with E-state index in [1.807, 2.05) is 37.7 Å². The second kappa shape index (κ2) is 5.90. The molecule has 0 amide bonds. The first-order valence-corrected chi connectivity index (χ1v) is 7.78. The largest absolute Gasteiger partial charge is 0.367 e. The second-order valence-corrected chi connectivity index (χ2v) is 6.16. The number of aromatic nitrogens is 2. The maximum absolute atomic E-state index is 12.7. The van der Waals surface area contributed by atoms with E-state index in [9.17, 15) is 4.79 Å². The number of halogens is 1. The van der Waals surface area contributed by atoms with Gasteiger partial charge in [0.25, 0.3) is 5.56 Å². The van der Waals surface area contributed by atoms with Gasteiger partial charge in [0.15, 0.2) is 0 Å². The van der Waals surface area contributed by atoms with Gasteiger partial charge < -0.3 is 4.90 Å². The summed E-state index contributed by atoms with van der Waals surface area (Å²) in [5.74, 6) is 0. The van der Waals surface area contributed by atoms with E-state index in [1.54, 1.807) is 17.3 Å². The van der Waals surface area contributed by atoms with Gasteiger partial charge in [-0.15, -0.1) is 11.3 Å². The summed E-state index contributed by atoms with van der Waals surface area (Å²) in [6.07, 6.45) is 2.98. The summed E-state index contributed by atoms with van der Waals surface area (Å²) in [6, 6.07) is 7.45. The zero-order valence-corrected chi connectivity index (χ0v) is 13.6. The first kappa shape index (κ1) is 14.7. The quantitative estimate of drug-likeness (QED) is 0.547. The van der Waals surface area contributed by atoms with Gasteiger partial charge in [0, 0.05) is 35.6 Å². The zero-order valence-electron chi connectivity index (χ0n) is 12.0. The summed E-state index contributed by atoms with van der Waals surface area (Å²) >= 11 is 7.67. The van der Waals surface area contributed by atoms with Crippen LogP contribution in [0.3, 0.4) is 0 Å². The molecular formula is C15H13ClN4OS. The monoisotopic (exact) mass is 332 g/mol. The lowest BCUT2D eigenvalue weighted by Crippen LogP contribution is -2.19. The van der Waals surface area contributed by atoms with Crippen LogP contribution in [-0.2, 0) is 0 Å². The molecule has 0 bridgehead atoms. The Morgan fingerprint density at radius 3 is 2.82 bits per heavy atom. The van der Waals surface area contributed by atoms with Gasteiger partial charge in [-0.1, -0.05) is 29.8 Å². The van der Waals surface area contributed by atoms with Gasteiger partial charge in [-0.2, -0.15) is 9.78 Å². The molecule has 0 aliphatic heterocycles. The van der Waals surface area contributed by atoms with Crippen molar-refractivity contribution in [3.63, 3.8) is 0 Å². The summed E-state index contributed by atoms with van der Waals surface area (Å²) in [7, 11) is 3.67. The Bertz CT molecular complexity index is 913. The molecular weight excluding hydrogens is 320 g/mol. The number of hydrogen-bond donors (Lipinski definition) is 0. The van der Waals surface area contributed by atoms with E-state index in [0.717, 1.165) is 11.1 Å². The number of rotatable bonds is 3. The van der Waals surface area contributed by atoms with Crippen LogP contribution >= 0.6 is 22.9 Å². The normalized spacial score (nSPS) is 11.4. The third-order valence-corrected chi connectivity index (χ3v) is 4.26. The molecule has 0 aliphatic carbocycles. The lowest BCUT2D eigenvalue weighted by molar-refractivity contribution is 0.629. The average molecular weight is 333 g/mol. The fourth-order valence-electron chi connectivity index (χ4n) is 2.04. The van der Waals surface area contributed by atoms with Crippen LogP contribution in [0.5, 0.6) is 0 Å². The molecule has 3 rings (SSSR count). The van der Waals surface area contributed by atoms with Gasteiger partial charge in [-0.05, 0) is 6.07 Å². The van der Waals surface area contributed by atoms with E-state index in [1.165, 1.54) is 22.3 Å². The van der Waals surface area contributed by atoms with Crippen LogP contribution in [0.1, 0.15) is 0 Å². The number of benzene rings is 1. The van der Waals surface area contributed by atoms with Gasteiger partial charge in [0.2, 0.25) is 0 Å². The Morgan fingerprint density at radius 2 is 2.09 bits per heavy atom. The summed E-state index contributed by atoms with van der Waals surface area (Å²) in [5.41, 5.74) is 1.40. The third-order valence-electron chi connectivity index (χ3n) is 3.05. The highest BCUT2D eigenvalue weighted by atomic mass is 35.5. The molecule has 22 heavy (non-hydrogen) atoms. The summed E-state index contributed by atoms with van der Waals surface area (Å²) < 4.78 is 1.23. The molecule has 0 unspecified atom stereocenters. The Kier molecular flexibility index (Phi) is 3.96. The van der Waals surface area contributed by atoms with Gasteiger partial charge in [0.05, 0.1) is 5.39 Å². The lowest BCUT2D eigenvalue weighted by Gasteiger charge is -2.05. The van der Waals surface area contributed by atoms with Crippen LogP contribution in [0.25, 0.3) is 21.3 Å². The topological polar surface area (TPSA) is 50.5 Å². The van der Waals surface area contributed by atoms with Crippen molar-refractivity contribution in [1.82, 2.24) is 14.6 Å². The molecule has 1 aromatic carbocycles. The summed E-state index contributed by atoms with van der Waals surface area (Å²) in [5, 5.41) is 7.15. The first-order chi connectivity index (χ1) is 10.6. The van der Waals surface area contributed by atoms with Crippen molar-refractivity contribution in [2.24, 2.45) is 5.10 Å². The SMILES string of the molecule is CN(C)C=Nn1cnc2scc(-c3ccccc3Cl)c2c1=O. The highest BCUT2D eigenvalue weighted by Gasteiger charge is 2.14. The van der Waals surface area contributed by atoms with Crippen molar-refractivity contribution in [3.05, 3.63) is 51.3 Å². The highest BCUT2D eigenvalue weighted by molar-refractivity contribution is 7.17. The Hall–Kier alpha value is -2.18. The zero-order chi connectivity index (χ0) is 15.7. The Balaban J connectivity index is 2.24. The molecule has 0 spiro atoms. The number of fused-ring (bicyclic) bond motifs is 1. The van der Waals surface area contributed by atoms with E-state index >= 15 is 0 Å². The molecule has 2 aromatic heterocycles. The predicted octanol–water partition coefficient (Wildman–Crippen LogP) is 3.13. The highest BCUT2D eigenvalue weighted by Crippen LogP contribution is 2.34. The number of hydrogen-bond acceptors (Lipinski definition) is 4. The number of thiophene rings is 1. The van der Waals surface area contributed by atoms with Crippen molar-refractivity contribution >= 4 is 39.5 Å². The molecule has 7 heteroatoms. The molecule has 0 saturated heterocycles. The molecule has 112 valence electrons. The van der Waals surface area contributed by atoms with Crippen molar-refractivity contribution in [2.45, 2.75) is 0 Å². The average Bonchev–Trinajstić information content (AvgIpc) is 2.91. The Morgan fingerprint density at radius 1 is 1.32 bits per heavy atom. The van der Waals surface area contributed by atoms with E-state index < -0.39 is 0 Å². The summed E-state index contributed by atoms with van der Waals surface area (Å²) in [4.78, 5) is 19.4. The maximum Gasteiger partial charge on any atom is 0.283 e. The molecule has 0 aliphatic rings. The van der Waals surface area contributed by atoms with E-state index in [2.05, 4.69) is 10.1 Å². The molecule has 0 fully saturated rings. The lowest BCUT2D eigenvalue weighted by atomic mass is 10.1. The van der Waals surface area contributed by atoms with Crippen LogP contribution in [-0.4, -0.2) is 35.0 Å². The van der Waals surface area contributed by atoms with Gasteiger partial charge >= 0.3 is 0 Å². The van der Waals surface area contributed by atoms with E-state index in [-0.39, 0.29) is 5.56 Å². The molecule has 5 nitrogen and oxygen atoms in total. The van der Waals surface area contributed by atoms with Crippen LogP contribution < -0.4 is 5.56 Å². The van der Waals surface area contributed by atoms with Crippen molar-refractivity contribution in [3.8, 4) is 11.1 Å². The molecule has 2 heterocycles. The van der Waals surface area contributed by atoms with Crippen LogP contribution in [0.15, 0.2) is 45.9 Å². The standard InChI is InChI=1S/C15H13ClN4OS/c1-19(2)9-18-20-8-17-14-13(15(20)21)11(7-22-14)10-5-3-4-6-12(10)16/h3-9H,1-2H3. The minimum atomic E-state index is -0.209. The predicted molar refractivity (Wildman–Crippen MR) is 91.9 cm³/mol. The van der Waals surface area contributed by atoms with Gasteiger partial charge in [-0.3, -0.25) is 4.79 Å². The minimum Gasteiger partial charge on any atom is -0.367 e. The van der Waals surface area contributed by atoms with Crippen molar-refractivity contribution < 1.29 is 0 Å². The van der Waals surface area contributed by atoms with E-state index in [4.69, 9.17) is 11.6 Å².